The molecule has 0 saturated carbocycles. The molecule has 2 rings (SSSR count). The van der Waals surface area contributed by atoms with Crippen molar-refractivity contribution in [1.29, 1.82) is 0 Å². The number of ether oxygens (including phenoxy) is 1. The minimum absolute atomic E-state index is 0. The molecule has 1 N–H and O–H groups in total. The summed E-state index contributed by atoms with van der Waals surface area (Å²) in [5.74, 6) is -0.274. The van der Waals surface area contributed by atoms with Gasteiger partial charge >= 0.3 is 5.97 Å². The second-order valence-corrected chi connectivity index (χ2v) is 5.99. The maximum atomic E-state index is 11.6. The van der Waals surface area contributed by atoms with E-state index in [-0.39, 0.29) is 24.4 Å². The van der Waals surface area contributed by atoms with E-state index in [2.05, 4.69) is 40.3 Å². The molecular weight excluding hydrogens is 378 g/mol. The van der Waals surface area contributed by atoms with E-state index < -0.39 is 0 Å². The van der Waals surface area contributed by atoms with Crippen LogP contribution in [0.15, 0.2) is 53.0 Å². The highest BCUT2D eigenvalue weighted by molar-refractivity contribution is 9.10. The van der Waals surface area contributed by atoms with Gasteiger partial charge in [0.05, 0.1) is 12.2 Å². The van der Waals surface area contributed by atoms with Crippen molar-refractivity contribution in [2.75, 3.05) is 6.61 Å². The Morgan fingerprint density at radius 2 is 1.91 bits per heavy atom. The summed E-state index contributed by atoms with van der Waals surface area (Å²) in [6.07, 6.45) is 0. The van der Waals surface area contributed by atoms with Gasteiger partial charge in [-0.2, -0.15) is 0 Å². The third kappa shape index (κ3) is 5.98. The Bertz CT molecular complexity index is 631. The Kier molecular flexibility index (Phi) is 8.31. The maximum Gasteiger partial charge on any atom is 0.338 e. The standard InChI is InChI=1S/C18H20BrNO2.ClH/c1-3-22-18(21)15-9-7-14(8-10-15)12-20-13(2)16-5-4-6-17(19)11-16;/h4-11,13,20H,3,12H2,1-2H3;1H/t13-;/m0./s1. The predicted molar refractivity (Wildman–Crippen MR) is 99.0 cm³/mol. The molecule has 124 valence electrons. The molecule has 0 spiro atoms. The largest absolute Gasteiger partial charge is 0.462 e. The first-order chi connectivity index (χ1) is 10.6. The summed E-state index contributed by atoms with van der Waals surface area (Å²) in [4.78, 5) is 11.6. The van der Waals surface area contributed by atoms with Gasteiger partial charge in [0.25, 0.3) is 0 Å². The number of nitrogens with one attached hydrogen (secondary N) is 1. The van der Waals surface area contributed by atoms with Crippen molar-refractivity contribution in [2.45, 2.75) is 26.4 Å². The van der Waals surface area contributed by atoms with Gasteiger partial charge in [-0.05, 0) is 49.2 Å². The highest BCUT2D eigenvalue weighted by atomic mass is 79.9. The van der Waals surface area contributed by atoms with Crippen LogP contribution in [0.1, 0.15) is 41.4 Å². The van der Waals surface area contributed by atoms with Crippen molar-refractivity contribution in [3.63, 3.8) is 0 Å². The number of rotatable bonds is 6. The molecule has 2 aromatic rings. The minimum atomic E-state index is -0.274. The van der Waals surface area contributed by atoms with Crippen LogP contribution >= 0.6 is 28.3 Å². The molecule has 23 heavy (non-hydrogen) atoms. The van der Waals surface area contributed by atoms with Crippen LogP contribution < -0.4 is 5.32 Å². The van der Waals surface area contributed by atoms with Crippen molar-refractivity contribution >= 4 is 34.3 Å². The van der Waals surface area contributed by atoms with E-state index in [9.17, 15) is 4.79 Å². The molecule has 0 fully saturated rings. The number of esters is 1. The Morgan fingerprint density at radius 1 is 1.22 bits per heavy atom. The fourth-order valence-electron chi connectivity index (χ4n) is 2.14. The van der Waals surface area contributed by atoms with E-state index in [4.69, 9.17) is 4.74 Å². The van der Waals surface area contributed by atoms with Gasteiger partial charge in [-0.25, -0.2) is 4.79 Å². The van der Waals surface area contributed by atoms with Crippen LogP contribution in [-0.4, -0.2) is 12.6 Å². The summed E-state index contributed by atoms with van der Waals surface area (Å²) in [6, 6.07) is 16.0. The van der Waals surface area contributed by atoms with Crippen LogP contribution in [0.5, 0.6) is 0 Å². The molecule has 0 saturated heterocycles. The van der Waals surface area contributed by atoms with E-state index in [1.165, 1.54) is 5.56 Å². The van der Waals surface area contributed by atoms with Gasteiger partial charge in [-0.15, -0.1) is 12.4 Å². The first-order valence-corrected chi connectivity index (χ1v) is 8.14. The maximum absolute atomic E-state index is 11.6. The first kappa shape index (κ1) is 19.7. The van der Waals surface area contributed by atoms with Crippen LogP contribution in [0.2, 0.25) is 0 Å². The number of hydrogen-bond acceptors (Lipinski definition) is 3. The molecular formula is C18H21BrClNO2. The summed E-state index contributed by atoms with van der Waals surface area (Å²) < 4.78 is 6.06. The van der Waals surface area contributed by atoms with Gasteiger partial charge in [0.2, 0.25) is 0 Å². The third-order valence-corrected chi connectivity index (χ3v) is 3.92. The summed E-state index contributed by atoms with van der Waals surface area (Å²) in [5, 5.41) is 3.48. The zero-order chi connectivity index (χ0) is 15.9. The fraction of sp³-hybridized carbons (Fsp3) is 0.278. The van der Waals surface area contributed by atoms with Crippen molar-refractivity contribution in [2.24, 2.45) is 0 Å². The monoisotopic (exact) mass is 397 g/mol. The first-order valence-electron chi connectivity index (χ1n) is 7.35. The molecule has 0 radical (unpaired) electrons. The smallest absolute Gasteiger partial charge is 0.338 e. The molecule has 2 aromatic carbocycles. The molecule has 0 amide bonds. The number of benzene rings is 2. The summed E-state index contributed by atoms with van der Waals surface area (Å²) in [5.41, 5.74) is 2.96. The lowest BCUT2D eigenvalue weighted by Gasteiger charge is -2.15. The van der Waals surface area contributed by atoms with Crippen LogP contribution in [-0.2, 0) is 11.3 Å². The Morgan fingerprint density at radius 3 is 2.52 bits per heavy atom. The molecule has 0 heterocycles. The van der Waals surface area contributed by atoms with E-state index in [1.807, 2.05) is 24.3 Å². The highest BCUT2D eigenvalue weighted by Crippen LogP contribution is 2.18. The van der Waals surface area contributed by atoms with E-state index in [0.717, 1.165) is 16.6 Å². The summed E-state index contributed by atoms with van der Waals surface area (Å²) in [7, 11) is 0. The molecule has 1 atom stereocenters. The SMILES string of the molecule is CCOC(=O)c1ccc(CN[C@@H](C)c2cccc(Br)c2)cc1.Cl. The van der Waals surface area contributed by atoms with Crippen LogP contribution in [0.4, 0.5) is 0 Å². The number of carbonyl (C=O) groups is 1. The number of carbonyl (C=O) groups excluding carboxylic acids is 1. The second kappa shape index (κ2) is 9.71. The van der Waals surface area contributed by atoms with Gasteiger partial charge in [0.15, 0.2) is 0 Å². The molecule has 5 heteroatoms. The lowest BCUT2D eigenvalue weighted by Crippen LogP contribution is -2.18. The molecule has 3 nitrogen and oxygen atoms in total. The quantitative estimate of drug-likeness (QED) is 0.703. The number of halogens is 2. The van der Waals surface area contributed by atoms with Gasteiger partial charge in [-0.3, -0.25) is 0 Å². The molecule has 0 aliphatic rings. The third-order valence-electron chi connectivity index (χ3n) is 3.43. The lowest BCUT2D eigenvalue weighted by atomic mass is 10.1. The average Bonchev–Trinajstić information content (AvgIpc) is 2.53. The summed E-state index contributed by atoms with van der Waals surface area (Å²) in [6.45, 7) is 5.08. The average molecular weight is 399 g/mol. The Hall–Kier alpha value is -1.36. The topological polar surface area (TPSA) is 38.3 Å². The Balaban J connectivity index is 0.00000264. The van der Waals surface area contributed by atoms with Crippen molar-refractivity contribution in [1.82, 2.24) is 5.32 Å². The van der Waals surface area contributed by atoms with Gasteiger partial charge in [0, 0.05) is 17.1 Å². The van der Waals surface area contributed by atoms with E-state index >= 15 is 0 Å². The fourth-order valence-corrected chi connectivity index (χ4v) is 2.55. The van der Waals surface area contributed by atoms with Crippen LogP contribution in [0, 0.1) is 0 Å². The molecule has 0 aromatic heterocycles. The predicted octanol–water partition coefficient (Wildman–Crippen LogP) is 4.90. The van der Waals surface area contributed by atoms with E-state index in [0.29, 0.717) is 12.2 Å². The van der Waals surface area contributed by atoms with Crippen molar-refractivity contribution < 1.29 is 9.53 Å². The number of hydrogen-bond donors (Lipinski definition) is 1. The van der Waals surface area contributed by atoms with Crippen molar-refractivity contribution in [3.05, 3.63) is 69.7 Å². The minimum Gasteiger partial charge on any atom is -0.462 e. The molecule has 0 bridgehead atoms. The molecule has 0 aliphatic heterocycles. The van der Waals surface area contributed by atoms with E-state index in [1.54, 1.807) is 19.1 Å². The molecule has 0 unspecified atom stereocenters. The van der Waals surface area contributed by atoms with Crippen LogP contribution in [0.25, 0.3) is 0 Å². The van der Waals surface area contributed by atoms with Gasteiger partial charge in [-0.1, -0.05) is 40.2 Å². The summed E-state index contributed by atoms with van der Waals surface area (Å²) >= 11 is 3.49. The zero-order valence-corrected chi connectivity index (χ0v) is 15.6. The zero-order valence-electron chi connectivity index (χ0n) is 13.2. The highest BCUT2D eigenvalue weighted by Gasteiger charge is 2.07. The Labute approximate surface area is 152 Å². The second-order valence-electron chi connectivity index (χ2n) is 5.07. The molecule has 0 aliphatic carbocycles. The van der Waals surface area contributed by atoms with Gasteiger partial charge in [0.1, 0.15) is 0 Å². The van der Waals surface area contributed by atoms with Gasteiger partial charge < -0.3 is 10.1 Å². The lowest BCUT2D eigenvalue weighted by molar-refractivity contribution is 0.0526. The van der Waals surface area contributed by atoms with Crippen molar-refractivity contribution in [3.8, 4) is 0 Å². The van der Waals surface area contributed by atoms with Crippen LogP contribution in [0.3, 0.4) is 0 Å². The normalized spacial score (nSPS) is 11.4.